The third-order valence-electron chi connectivity index (χ3n) is 4.46. The van der Waals surface area contributed by atoms with Gasteiger partial charge >= 0.3 is 20.8 Å². The standard InChI is InChI=1S/C12H26O4S.C8H18O4S/c1-2-3-4-5-6-7-8-9-10-11-12-16-17(13,14)15;1-2-3-4-5-6-7-8-12-13(9,10)11/h2-12H2,1H3,(H,13,14,15);2-8H2,1H3,(H,9,10,11). The van der Waals surface area contributed by atoms with E-state index in [1.165, 1.54) is 64.2 Å². The smallest absolute Gasteiger partial charge is 0.264 e. The van der Waals surface area contributed by atoms with E-state index in [2.05, 4.69) is 22.2 Å². The fourth-order valence-corrected chi connectivity index (χ4v) is 3.46. The molecule has 0 saturated heterocycles. The molecule has 2 N–H and O–H groups in total. The third kappa shape index (κ3) is 35.2. The lowest BCUT2D eigenvalue weighted by molar-refractivity contribution is 0.260. The van der Waals surface area contributed by atoms with Crippen LogP contribution in [0.1, 0.15) is 117 Å². The van der Waals surface area contributed by atoms with Crippen LogP contribution in [0.3, 0.4) is 0 Å². The Labute approximate surface area is 185 Å². The van der Waals surface area contributed by atoms with Crippen molar-refractivity contribution < 1.29 is 34.3 Å². The molecule has 0 heterocycles. The first-order chi connectivity index (χ1) is 14.1. The summed E-state index contributed by atoms with van der Waals surface area (Å²) < 4.78 is 65.6. The molecule has 0 aliphatic rings. The topological polar surface area (TPSA) is 127 Å². The first-order valence-electron chi connectivity index (χ1n) is 11.4. The Kier molecular flexibility index (Phi) is 23.4. The van der Waals surface area contributed by atoms with Crippen molar-refractivity contribution in [1.82, 2.24) is 0 Å². The summed E-state index contributed by atoms with van der Waals surface area (Å²) in [6.45, 7) is 4.54. The van der Waals surface area contributed by atoms with E-state index in [0.717, 1.165) is 25.7 Å². The lowest BCUT2D eigenvalue weighted by Crippen LogP contribution is -2.04. The second-order valence-corrected chi connectivity index (χ2v) is 9.63. The van der Waals surface area contributed by atoms with Gasteiger partial charge in [-0.05, 0) is 12.8 Å². The van der Waals surface area contributed by atoms with Crippen LogP contribution in [0.5, 0.6) is 0 Å². The van der Waals surface area contributed by atoms with Crippen molar-refractivity contribution in [3.63, 3.8) is 0 Å². The Hall–Kier alpha value is -0.260. The Morgan fingerprint density at radius 3 is 0.933 bits per heavy atom. The third-order valence-corrected chi connectivity index (χ3v) is 5.39. The average molecular weight is 477 g/mol. The molecule has 0 radical (unpaired) electrons. The van der Waals surface area contributed by atoms with Gasteiger partial charge in [-0.2, -0.15) is 16.8 Å². The monoisotopic (exact) mass is 476 g/mol. The number of hydrogen-bond acceptors (Lipinski definition) is 6. The molecule has 0 saturated carbocycles. The minimum atomic E-state index is -4.23. The van der Waals surface area contributed by atoms with Crippen LogP contribution in [0.15, 0.2) is 0 Å². The quantitative estimate of drug-likeness (QED) is 0.164. The normalized spacial score (nSPS) is 11.9. The van der Waals surface area contributed by atoms with Crippen molar-refractivity contribution >= 4 is 20.8 Å². The van der Waals surface area contributed by atoms with E-state index in [9.17, 15) is 16.8 Å². The summed E-state index contributed by atoms with van der Waals surface area (Å²) in [5.41, 5.74) is 0. The molecular formula is C20H44O8S2. The highest BCUT2D eigenvalue weighted by Crippen LogP contribution is 2.10. The second-order valence-electron chi connectivity index (χ2n) is 7.45. The summed E-state index contributed by atoms with van der Waals surface area (Å²) >= 11 is 0. The predicted molar refractivity (Wildman–Crippen MR) is 120 cm³/mol. The number of unbranched alkanes of at least 4 members (excludes halogenated alkanes) is 14. The maximum atomic E-state index is 10.2. The van der Waals surface area contributed by atoms with Gasteiger partial charge in [-0.25, -0.2) is 8.37 Å². The minimum Gasteiger partial charge on any atom is -0.264 e. The molecule has 0 rings (SSSR count). The largest absolute Gasteiger partial charge is 0.397 e. The molecule has 184 valence electrons. The van der Waals surface area contributed by atoms with Crippen molar-refractivity contribution in [2.75, 3.05) is 13.2 Å². The molecule has 0 aromatic rings. The summed E-state index contributed by atoms with van der Waals surface area (Å²) in [5, 5.41) is 0. The minimum absolute atomic E-state index is 0.0883. The highest BCUT2D eigenvalue weighted by molar-refractivity contribution is 7.81. The molecule has 0 aliphatic carbocycles. The molecule has 0 bridgehead atoms. The van der Waals surface area contributed by atoms with Crippen LogP contribution in [-0.2, 0) is 29.2 Å². The Morgan fingerprint density at radius 2 is 0.700 bits per heavy atom. The zero-order valence-electron chi connectivity index (χ0n) is 18.9. The van der Waals surface area contributed by atoms with Crippen LogP contribution in [0.25, 0.3) is 0 Å². The first-order valence-corrected chi connectivity index (χ1v) is 14.1. The van der Waals surface area contributed by atoms with Gasteiger partial charge in [0.25, 0.3) is 0 Å². The molecule has 0 unspecified atom stereocenters. The highest BCUT2D eigenvalue weighted by Gasteiger charge is 2.03. The molecular weight excluding hydrogens is 432 g/mol. The maximum absolute atomic E-state index is 10.2. The van der Waals surface area contributed by atoms with Crippen molar-refractivity contribution in [3.05, 3.63) is 0 Å². The molecule has 0 atom stereocenters. The molecule has 0 aliphatic heterocycles. The molecule has 0 fully saturated rings. The van der Waals surface area contributed by atoms with Gasteiger partial charge in [-0.15, -0.1) is 0 Å². The van der Waals surface area contributed by atoms with Crippen LogP contribution in [0, 0.1) is 0 Å². The molecule has 0 aromatic carbocycles. The van der Waals surface area contributed by atoms with Gasteiger partial charge < -0.3 is 0 Å². The summed E-state index contributed by atoms with van der Waals surface area (Å²) in [7, 11) is -8.46. The zero-order chi connectivity index (χ0) is 23.1. The summed E-state index contributed by atoms with van der Waals surface area (Å²) in [4.78, 5) is 0. The summed E-state index contributed by atoms with van der Waals surface area (Å²) in [6, 6.07) is 0. The van der Waals surface area contributed by atoms with E-state index in [-0.39, 0.29) is 13.2 Å². The molecule has 10 heteroatoms. The van der Waals surface area contributed by atoms with Crippen molar-refractivity contribution in [2.45, 2.75) is 117 Å². The fourth-order valence-electron chi connectivity index (χ4n) is 2.80. The first kappa shape index (κ1) is 31.9. The van der Waals surface area contributed by atoms with E-state index < -0.39 is 20.8 Å². The zero-order valence-corrected chi connectivity index (χ0v) is 20.5. The average Bonchev–Trinajstić information content (AvgIpc) is 2.64. The summed E-state index contributed by atoms with van der Waals surface area (Å²) in [5.74, 6) is 0. The lowest BCUT2D eigenvalue weighted by atomic mass is 10.1. The lowest BCUT2D eigenvalue weighted by Gasteiger charge is -2.02. The predicted octanol–water partition coefficient (Wildman–Crippen LogP) is 5.89. The van der Waals surface area contributed by atoms with Crippen LogP contribution in [0.4, 0.5) is 0 Å². The van der Waals surface area contributed by atoms with E-state index >= 15 is 0 Å². The molecule has 0 aromatic heterocycles. The van der Waals surface area contributed by atoms with E-state index in [0.29, 0.717) is 12.8 Å². The van der Waals surface area contributed by atoms with Gasteiger partial charge in [0.1, 0.15) is 0 Å². The van der Waals surface area contributed by atoms with Crippen molar-refractivity contribution in [1.29, 1.82) is 0 Å². The fraction of sp³-hybridized carbons (Fsp3) is 1.00. The maximum Gasteiger partial charge on any atom is 0.397 e. The molecule has 8 nitrogen and oxygen atoms in total. The van der Waals surface area contributed by atoms with E-state index in [1.54, 1.807) is 0 Å². The van der Waals surface area contributed by atoms with Crippen molar-refractivity contribution in [3.8, 4) is 0 Å². The van der Waals surface area contributed by atoms with E-state index in [1.807, 2.05) is 0 Å². The second kappa shape index (κ2) is 22.0. The van der Waals surface area contributed by atoms with Crippen molar-refractivity contribution in [2.24, 2.45) is 0 Å². The van der Waals surface area contributed by atoms with Crippen LogP contribution < -0.4 is 0 Å². The Morgan fingerprint density at radius 1 is 0.467 bits per heavy atom. The Balaban J connectivity index is 0. The molecule has 0 amide bonds. The van der Waals surface area contributed by atoms with Crippen LogP contribution >= 0.6 is 0 Å². The van der Waals surface area contributed by atoms with Gasteiger partial charge in [0, 0.05) is 0 Å². The number of hydrogen-bond donors (Lipinski definition) is 2. The van der Waals surface area contributed by atoms with Gasteiger partial charge in [0.05, 0.1) is 13.2 Å². The van der Waals surface area contributed by atoms with E-state index in [4.69, 9.17) is 9.11 Å². The van der Waals surface area contributed by atoms with Gasteiger partial charge in [0.15, 0.2) is 0 Å². The molecule has 0 spiro atoms. The summed E-state index contributed by atoms with van der Waals surface area (Å²) in [6.07, 6.45) is 18.2. The number of rotatable bonds is 20. The molecule has 30 heavy (non-hydrogen) atoms. The van der Waals surface area contributed by atoms with Gasteiger partial charge in [0.2, 0.25) is 0 Å². The van der Waals surface area contributed by atoms with Crippen LogP contribution in [-0.4, -0.2) is 39.2 Å². The van der Waals surface area contributed by atoms with Gasteiger partial charge in [-0.3, -0.25) is 9.11 Å². The Bertz CT molecular complexity index is 547. The SMILES string of the molecule is CCCCCCCCCCCCOS(=O)(=O)O.CCCCCCCCOS(=O)(=O)O. The van der Waals surface area contributed by atoms with Crippen LogP contribution in [0.2, 0.25) is 0 Å². The highest BCUT2D eigenvalue weighted by atomic mass is 32.3. The van der Waals surface area contributed by atoms with Gasteiger partial charge in [-0.1, -0.05) is 104 Å².